The van der Waals surface area contributed by atoms with Gasteiger partial charge in [0.1, 0.15) is 0 Å². The number of likely N-dealkylation sites (tertiary alicyclic amines) is 1. The molecule has 0 aliphatic carbocycles. The lowest BCUT2D eigenvalue weighted by atomic mass is 10.0. The number of nitrogens with one attached hydrogen (secondary N) is 2. The molecule has 0 bridgehead atoms. The topological polar surface area (TPSA) is 81.7 Å². The number of anilines is 1. The maximum Gasteiger partial charge on any atom is 0.352 e. The zero-order valence-corrected chi connectivity index (χ0v) is 16.3. The van der Waals surface area contributed by atoms with Gasteiger partial charge in [0.05, 0.1) is 29.8 Å². The van der Waals surface area contributed by atoms with Crippen molar-refractivity contribution < 1.29 is 23.5 Å². The van der Waals surface area contributed by atoms with Crippen LogP contribution in [0.15, 0.2) is 48.5 Å². The molecule has 30 heavy (non-hydrogen) atoms. The maximum absolute atomic E-state index is 13.8. The number of hydrogen-bond donors (Lipinski definition) is 3. The number of hydrogen-bond acceptors (Lipinski definition) is 4. The zero-order chi connectivity index (χ0) is 21.3. The number of carbonyl (C=O) groups excluding carboxylic acids is 2. The standard InChI is InChI=1S/C22H23F2N3O3/c23-22(24)17-7-6-14(10-18(17)26-21(22)30)11-20(29)25-19(15-4-2-1-3-5-15)13-27-9-8-16(28)12-27/h1-7,10,16,19,28H,8-9,11-13H2,(H,25,29)(H,26,30)/t16-,19+/m0/s1. The van der Waals surface area contributed by atoms with Gasteiger partial charge in [0.15, 0.2) is 0 Å². The van der Waals surface area contributed by atoms with Gasteiger partial charge in [-0.25, -0.2) is 0 Å². The third-order valence-corrected chi connectivity index (χ3v) is 5.55. The van der Waals surface area contributed by atoms with Gasteiger partial charge in [-0.1, -0.05) is 42.5 Å². The molecule has 1 saturated heterocycles. The summed E-state index contributed by atoms with van der Waals surface area (Å²) >= 11 is 0. The molecule has 0 spiro atoms. The Bertz CT molecular complexity index is 952. The molecule has 3 N–H and O–H groups in total. The van der Waals surface area contributed by atoms with Gasteiger partial charge in [-0.3, -0.25) is 14.5 Å². The minimum Gasteiger partial charge on any atom is -0.392 e. The first-order valence-electron chi connectivity index (χ1n) is 9.90. The van der Waals surface area contributed by atoms with E-state index in [0.29, 0.717) is 25.1 Å². The van der Waals surface area contributed by atoms with Gasteiger partial charge in [0.25, 0.3) is 5.91 Å². The average Bonchev–Trinajstić information content (AvgIpc) is 3.21. The lowest BCUT2D eigenvalue weighted by molar-refractivity contribution is -0.139. The second kappa shape index (κ2) is 8.12. The van der Waals surface area contributed by atoms with Crippen LogP contribution in [0.1, 0.15) is 29.2 Å². The second-order valence-corrected chi connectivity index (χ2v) is 7.82. The molecule has 2 amide bonds. The largest absolute Gasteiger partial charge is 0.392 e. The highest BCUT2D eigenvalue weighted by Gasteiger charge is 2.48. The molecule has 2 heterocycles. The fourth-order valence-corrected chi connectivity index (χ4v) is 3.99. The summed E-state index contributed by atoms with van der Waals surface area (Å²) in [6.45, 7) is 1.90. The van der Waals surface area contributed by atoms with Gasteiger partial charge in [-0.15, -0.1) is 0 Å². The summed E-state index contributed by atoms with van der Waals surface area (Å²) in [5.74, 6) is -5.15. The first kappa shape index (κ1) is 20.4. The van der Waals surface area contributed by atoms with Gasteiger partial charge >= 0.3 is 5.92 Å². The summed E-state index contributed by atoms with van der Waals surface area (Å²) in [4.78, 5) is 26.2. The van der Waals surface area contributed by atoms with Crippen molar-refractivity contribution in [3.05, 3.63) is 65.2 Å². The second-order valence-electron chi connectivity index (χ2n) is 7.82. The zero-order valence-electron chi connectivity index (χ0n) is 16.3. The Labute approximate surface area is 172 Å². The van der Waals surface area contributed by atoms with Crippen molar-refractivity contribution in [3.63, 3.8) is 0 Å². The summed E-state index contributed by atoms with van der Waals surface area (Å²) in [5.41, 5.74) is 1.16. The fraction of sp³-hybridized carbons (Fsp3) is 0.364. The van der Waals surface area contributed by atoms with Crippen LogP contribution >= 0.6 is 0 Å². The Kier molecular flexibility index (Phi) is 5.53. The molecule has 4 rings (SSSR count). The molecule has 0 radical (unpaired) electrons. The molecule has 0 aromatic heterocycles. The molecule has 0 unspecified atom stereocenters. The van der Waals surface area contributed by atoms with Crippen LogP contribution in [-0.4, -0.2) is 47.6 Å². The molecular formula is C22H23F2N3O3. The smallest absolute Gasteiger partial charge is 0.352 e. The highest BCUT2D eigenvalue weighted by atomic mass is 19.3. The van der Waals surface area contributed by atoms with E-state index in [2.05, 4.69) is 15.5 Å². The minimum atomic E-state index is -3.55. The van der Waals surface area contributed by atoms with Crippen molar-refractivity contribution in [2.24, 2.45) is 0 Å². The van der Waals surface area contributed by atoms with Crippen LogP contribution in [-0.2, 0) is 21.9 Å². The number of aliphatic hydroxyl groups is 1. The van der Waals surface area contributed by atoms with E-state index in [4.69, 9.17) is 0 Å². The molecule has 0 saturated carbocycles. The number of halogens is 2. The molecule has 6 nitrogen and oxygen atoms in total. The number of carbonyl (C=O) groups is 2. The van der Waals surface area contributed by atoms with Crippen LogP contribution in [0.25, 0.3) is 0 Å². The number of alkyl halides is 2. The lowest BCUT2D eigenvalue weighted by Crippen LogP contribution is -2.38. The van der Waals surface area contributed by atoms with E-state index in [0.717, 1.165) is 12.1 Å². The van der Waals surface area contributed by atoms with Crippen molar-refractivity contribution in [3.8, 4) is 0 Å². The van der Waals surface area contributed by atoms with Crippen molar-refractivity contribution in [1.29, 1.82) is 0 Å². The van der Waals surface area contributed by atoms with E-state index in [9.17, 15) is 23.5 Å². The minimum absolute atomic E-state index is 0.000675. The van der Waals surface area contributed by atoms with Crippen LogP contribution in [0.4, 0.5) is 14.5 Å². The number of nitrogens with zero attached hydrogens (tertiary/aromatic N) is 1. The molecule has 2 aromatic carbocycles. The van der Waals surface area contributed by atoms with Crippen LogP contribution < -0.4 is 10.6 Å². The van der Waals surface area contributed by atoms with Crippen LogP contribution in [0, 0.1) is 0 Å². The van der Waals surface area contributed by atoms with Crippen LogP contribution in [0.3, 0.4) is 0 Å². The number of benzene rings is 2. The van der Waals surface area contributed by atoms with Gasteiger partial charge in [0, 0.05) is 19.6 Å². The van der Waals surface area contributed by atoms with Crippen molar-refractivity contribution in [1.82, 2.24) is 10.2 Å². The third-order valence-electron chi connectivity index (χ3n) is 5.55. The Balaban J connectivity index is 1.45. The summed E-state index contributed by atoms with van der Waals surface area (Å²) in [7, 11) is 0. The fourth-order valence-electron chi connectivity index (χ4n) is 3.99. The molecule has 158 valence electrons. The molecule has 2 atom stereocenters. The van der Waals surface area contributed by atoms with Crippen molar-refractivity contribution >= 4 is 17.5 Å². The lowest BCUT2D eigenvalue weighted by Gasteiger charge is -2.25. The highest BCUT2D eigenvalue weighted by Crippen LogP contribution is 2.40. The Morgan fingerprint density at radius 1 is 1.27 bits per heavy atom. The van der Waals surface area contributed by atoms with Crippen molar-refractivity contribution in [2.75, 3.05) is 25.0 Å². The van der Waals surface area contributed by atoms with E-state index < -0.39 is 11.8 Å². The van der Waals surface area contributed by atoms with E-state index in [1.54, 1.807) is 0 Å². The predicted molar refractivity (Wildman–Crippen MR) is 107 cm³/mol. The first-order valence-corrected chi connectivity index (χ1v) is 9.90. The SMILES string of the molecule is O=C(Cc1ccc2c(c1)NC(=O)C2(F)F)N[C@H](CN1CC[C@H](O)C1)c1ccccc1. The van der Waals surface area contributed by atoms with Crippen LogP contribution in [0.2, 0.25) is 0 Å². The van der Waals surface area contributed by atoms with E-state index >= 15 is 0 Å². The Hall–Kier alpha value is -2.84. The number of rotatable bonds is 6. The van der Waals surface area contributed by atoms with Gasteiger partial charge in [-0.05, 0) is 23.6 Å². The van der Waals surface area contributed by atoms with E-state index in [1.807, 2.05) is 30.3 Å². The van der Waals surface area contributed by atoms with E-state index in [-0.39, 0.29) is 35.7 Å². The first-order chi connectivity index (χ1) is 14.3. The molecular weight excluding hydrogens is 392 g/mol. The number of β-amino-alcohol motifs (C(OH)–C–C–N with tert-alkyl or cyclic N) is 1. The molecule has 2 aliphatic rings. The predicted octanol–water partition coefficient (Wildman–Crippen LogP) is 2.20. The normalized spacial score (nSPS) is 21.2. The number of aliphatic hydroxyl groups excluding tert-OH is 1. The summed E-state index contributed by atoms with van der Waals surface area (Å²) in [5, 5.41) is 15.0. The Morgan fingerprint density at radius 2 is 2.03 bits per heavy atom. The van der Waals surface area contributed by atoms with Crippen LogP contribution in [0.5, 0.6) is 0 Å². The summed E-state index contributed by atoms with van der Waals surface area (Å²) < 4.78 is 27.6. The quantitative estimate of drug-likeness (QED) is 0.676. The van der Waals surface area contributed by atoms with Gasteiger partial charge in [0.2, 0.25) is 5.91 Å². The highest BCUT2D eigenvalue weighted by molar-refractivity contribution is 6.04. The Morgan fingerprint density at radius 3 is 2.73 bits per heavy atom. The molecule has 2 aromatic rings. The monoisotopic (exact) mass is 415 g/mol. The molecule has 8 heteroatoms. The van der Waals surface area contributed by atoms with Gasteiger partial charge in [-0.2, -0.15) is 8.78 Å². The number of fused-ring (bicyclic) bond motifs is 1. The van der Waals surface area contributed by atoms with E-state index in [1.165, 1.54) is 18.2 Å². The molecule has 2 aliphatic heterocycles. The maximum atomic E-state index is 13.8. The molecule has 1 fully saturated rings. The van der Waals surface area contributed by atoms with Gasteiger partial charge < -0.3 is 15.7 Å². The number of amides is 2. The summed E-state index contributed by atoms with van der Waals surface area (Å²) in [6, 6.07) is 13.4. The summed E-state index contributed by atoms with van der Waals surface area (Å²) in [6.07, 6.45) is 0.360. The third kappa shape index (κ3) is 4.20. The average molecular weight is 415 g/mol. The van der Waals surface area contributed by atoms with Crippen molar-refractivity contribution in [2.45, 2.75) is 30.9 Å².